The maximum absolute atomic E-state index is 13.9. The number of rotatable bonds is 12. The van der Waals surface area contributed by atoms with Crippen LogP contribution >= 0.6 is 11.6 Å². The standard InChI is InChI=1S/C26H32ClF2NO4/c1-2-25(22-14-19(28)8-6-18(22)7-10-26(32)33)34-16-21(31)15-30-11-3-4-20(30)12-17-5-9-23(27)24(29)13-17/h5-6,8-9,13-14,20-21,25,31H,2-4,7,10-12,15-16H2,1H3,(H,32,33)/t20-,21+,25?/m0/s1. The summed E-state index contributed by atoms with van der Waals surface area (Å²) in [6, 6.07) is 9.37. The van der Waals surface area contributed by atoms with E-state index in [9.17, 15) is 18.7 Å². The Hall–Kier alpha value is -2.06. The molecule has 0 radical (unpaired) electrons. The molecule has 2 N–H and O–H groups in total. The third-order valence-corrected chi connectivity index (χ3v) is 6.63. The zero-order chi connectivity index (χ0) is 24.7. The molecule has 1 fully saturated rings. The van der Waals surface area contributed by atoms with Gasteiger partial charge in [-0.1, -0.05) is 30.7 Å². The van der Waals surface area contributed by atoms with Crippen LogP contribution in [0.2, 0.25) is 5.02 Å². The van der Waals surface area contributed by atoms with E-state index in [1.807, 2.05) is 13.0 Å². The normalized spacial score (nSPS) is 18.2. The molecule has 0 aliphatic carbocycles. The number of hydrogen-bond acceptors (Lipinski definition) is 4. The second-order valence-electron chi connectivity index (χ2n) is 8.86. The van der Waals surface area contributed by atoms with Gasteiger partial charge in [-0.15, -0.1) is 0 Å². The first-order valence-corrected chi connectivity index (χ1v) is 12.1. The minimum Gasteiger partial charge on any atom is -0.481 e. The van der Waals surface area contributed by atoms with E-state index in [0.717, 1.165) is 30.5 Å². The predicted octanol–water partition coefficient (Wildman–Crippen LogP) is 5.17. The van der Waals surface area contributed by atoms with E-state index in [1.54, 1.807) is 12.1 Å². The van der Waals surface area contributed by atoms with Crippen LogP contribution in [0.3, 0.4) is 0 Å². The van der Waals surface area contributed by atoms with Crippen LogP contribution in [0, 0.1) is 11.6 Å². The van der Waals surface area contributed by atoms with Crippen LogP contribution in [0.15, 0.2) is 36.4 Å². The number of carbonyl (C=O) groups is 1. The highest BCUT2D eigenvalue weighted by Crippen LogP contribution is 2.28. The maximum atomic E-state index is 13.9. The number of carboxylic acid groups (broad SMARTS) is 1. The highest BCUT2D eigenvalue weighted by atomic mass is 35.5. The SMILES string of the molecule is CCC(OC[C@H](O)CN1CCC[C@H]1Cc1ccc(Cl)c(F)c1)c1cc(F)ccc1CCC(=O)O. The monoisotopic (exact) mass is 495 g/mol. The van der Waals surface area contributed by atoms with Crippen molar-refractivity contribution >= 4 is 17.6 Å². The molecule has 1 unspecified atom stereocenters. The molecule has 1 saturated heterocycles. The van der Waals surface area contributed by atoms with Crippen LogP contribution in [0.5, 0.6) is 0 Å². The average molecular weight is 496 g/mol. The van der Waals surface area contributed by atoms with Crippen molar-refractivity contribution in [2.75, 3.05) is 19.7 Å². The molecule has 3 rings (SSSR count). The van der Waals surface area contributed by atoms with E-state index >= 15 is 0 Å². The van der Waals surface area contributed by atoms with E-state index < -0.39 is 29.8 Å². The van der Waals surface area contributed by atoms with Gasteiger partial charge in [-0.3, -0.25) is 9.69 Å². The van der Waals surface area contributed by atoms with Gasteiger partial charge in [0.25, 0.3) is 0 Å². The maximum Gasteiger partial charge on any atom is 0.303 e. The molecule has 186 valence electrons. The quantitative estimate of drug-likeness (QED) is 0.425. The number of ether oxygens (including phenoxy) is 1. The van der Waals surface area contributed by atoms with Crippen LogP contribution in [0.25, 0.3) is 0 Å². The van der Waals surface area contributed by atoms with E-state index in [0.29, 0.717) is 24.9 Å². The third-order valence-electron chi connectivity index (χ3n) is 6.32. The Labute approximate surface area is 204 Å². The number of aliphatic hydroxyl groups is 1. The summed E-state index contributed by atoms with van der Waals surface area (Å²) in [6.45, 7) is 3.25. The fraction of sp³-hybridized carbons (Fsp3) is 0.500. The van der Waals surface area contributed by atoms with Crippen molar-refractivity contribution < 1.29 is 28.5 Å². The van der Waals surface area contributed by atoms with Gasteiger partial charge in [0.15, 0.2) is 0 Å². The van der Waals surface area contributed by atoms with Crippen LogP contribution in [-0.2, 0) is 22.4 Å². The van der Waals surface area contributed by atoms with Crippen LogP contribution in [0.4, 0.5) is 8.78 Å². The number of aliphatic carboxylic acids is 1. The van der Waals surface area contributed by atoms with Crippen molar-refractivity contribution in [2.24, 2.45) is 0 Å². The molecule has 0 aromatic heterocycles. The molecule has 8 heteroatoms. The highest BCUT2D eigenvalue weighted by Gasteiger charge is 2.27. The number of carboxylic acids is 1. The van der Waals surface area contributed by atoms with Gasteiger partial charge in [0.2, 0.25) is 0 Å². The summed E-state index contributed by atoms with van der Waals surface area (Å²) in [6.07, 6.45) is 2.25. The molecule has 0 bridgehead atoms. The van der Waals surface area contributed by atoms with Gasteiger partial charge in [-0.05, 0) is 79.6 Å². The first kappa shape index (κ1) is 26.5. The Balaban J connectivity index is 1.57. The summed E-state index contributed by atoms with van der Waals surface area (Å²) in [5, 5.41) is 19.8. The van der Waals surface area contributed by atoms with E-state index in [1.165, 1.54) is 18.2 Å². The predicted molar refractivity (Wildman–Crippen MR) is 127 cm³/mol. The molecule has 1 aliphatic rings. The van der Waals surface area contributed by atoms with Crippen molar-refractivity contribution in [3.05, 3.63) is 69.7 Å². The van der Waals surface area contributed by atoms with Crippen molar-refractivity contribution in [1.29, 1.82) is 0 Å². The van der Waals surface area contributed by atoms with Crippen molar-refractivity contribution in [3.63, 3.8) is 0 Å². The van der Waals surface area contributed by atoms with Gasteiger partial charge < -0.3 is 14.9 Å². The zero-order valence-electron chi connectivity index (χ0n) is 19.4. The highest BCUT2D eigenvalue weighted by molar-refractivity contribution is 6.30. The van der Waals surface area contributed by atoms with Gasteiger partial charge in [0.05, 0.1) is 23.8 Å². The summed E-state index contributed by atoms with van der Waals surface area (Å²) in [5.41, 5.74) is 2.23. The molecular formula is C26H32ClF2NO4. The molecule has 2 aromatic carbocycles. The number of aryl methyl sites for hydroxylation is 1. The lowest BCUT2D eigenvalue weighted by Gasteiger charge is -2.28. The van der Waals surface area contributed by atoms with E-state index in [4.69, 9.17) is 21.4 Å². The molecule has 1 heterocycles. The van der Waals surface area contributed by atoms with Crippen molar-refractivity contribution in [3.8, 4) is 0 Å². The second kappa shape index (κ2) is 12.6. The number of likely N-dealkylation sites (tertiary alicyclic amines) is 1. The Morgan fingerprint density at radius 2 is 2.06 bits per heavy atom. The molecule has 2 aromatic rings. The van der Waals surface area contributed by atoms with Gasteiger partial charge in [-0.25, -0.2) is 8.78 Å². The van der Waals surface area contributed by atoms with Gasteiger partial charge in [0.1, 0.15) is 11.6 Å². The lowest BCUT2D eigenvalue weighted by Crippen LogP contribution is -2.39. The number of aliphatic hydroxyl groups excluding tert-OH is 1. The molecule has 1 aliphatic heterocycles. The second-order valence-corrected chi connectivity index (χ2v) is 9.27. The zero-order valence-corrected chi connectivity index (χ0v) is 20.1. The fourth-order valence-corrected chi connectivity index (χ4v) is 4.74. The minimum atomic E-state index is -0.916. The molecular weight excluding hydrogens is 464 g/mol. The van der Waals surface area contributed by atoms with Gasteiger partial charge in [-0.2, -0.15) is 0 Å². The summed E-state index contributed by atoms with van der Waals surface area (Å²) >= 11 is 5.78. The molecule has 5 nitrogen and oxygen atoms in total. The van der Waals surface area contributed by atoms with Gasteiger partial charge in [0, 0.05) is 19.0 Å². The average Bonchev–Trinajstić information content (AvgIpc) is 3.22. The number of halogens is 3. The largest absolute Gasteiger partial charge is 0.481 e. The Morgan fingerprint density at radius 3 is 2.76 bits per heavy atom. The Bertz CT molecular complexity index is 974. The molecule has 3 atom stereocenters. The summed E-state index contributed by atoms with van der Waals surface area (Å²) in [5.74, 6) is -1.75. The van der Waals surface area contributed by atoms with Crippen molar-refractivity contribution in [2.45, 2.75) is 63.7 Å². The lowest BCUT2D eigenvalue weighted by molar-refractivity contribution is -0.136. The summed E-state index contributed by atoms with van der Waals surface area (Å²) < 4.78 is 33.7. The smallest absolute Gasteiger partial charge is 0.303 e. The number of hydrogen-bond donors (Lipinski definition) is 2. The first-order chi connectivity index (χ1) is 16.3. The Kier molecular flexibility index (Phi) is 9.83. The third kappa shape index (κ3) is 7.47. The minimum absolute atomic E-state index is 0.0500. The fourth-order valence-electron chi connectivity index (χ4n) is 4.62. The Morgan fingerprint density at radius 1 is 1.26 bits per heavy atom. The van der Waals surface area contributed by atoms with E-state index in [2.05, 4.69) is 4.90 Å². The number of benzene rings is 2. The van der Waals surface area contributed by atoms with Crippen LogP contribution < -0.4 is 0 Å². The van der Waals surface area contributed by atoms with Crippen LogP contribution in [0.1, 0.15) is 55.4 Å². The van der Waals surface area contributed by atoms with Crippen molar-refractivity contribution in [1.82, 2.24) is 4.90 Å². The molecule has 0 saturated carbocycles. The number of β-amino-alcohol motifs (C(OH)–C–C–N with tert-alkyl or cyclic N) is 1. The lowest BCUT2D eigenvalue weighted by atomic mass is 9.97. The van der Waals surface area contributed by atoms with Gasteiger partial charge >= 0.3 is 5.97 Å². The van der Waals surface area contributed by atoms with Crippen LogP contribution in [-0.4, -0.2) is 52.9 Å². The first-order valence-electron chi connectivity index (χ1n) is 11.7. The summed E-state index contributed by atoms with van der Waals surface area (Å²) in [7, 11) is 0. The topological polar surface area (TPSA) is 70.0 Å². The number of nitrogens with zero attached hydrogens (tertiary/aromatic N) is 1. The summed E-state index contributed by atoms with van der Waals surface area (Å²) in [4.78, 5) is 13.2. The molecule has 0 spiro atoms. The molecule has 34 heavy (non-hydrogen) atoms. The molecule has 0 amide bonds. The van der Waals surface area contributed by atoms with E-state index in [-0.39, 0.29) is 30.5 Å².